The summed E-state index contributed by atoms with van der Waals surface area (Å²) in [6, 6.07) is 2.01. The number of aryl methyl sites for hydroxylation is 1. The van der Waals surface area contributed by atoms with Crippen molar-refractivity contribution >= 4 is 17.2 Å². The highest BCUT2D eigenvalue weighted by Crippen LogP contribution is 2.17. The van der Waals surface area contributed by atoms with Gasteiger partial charge in [0.25, 0.3) is 5.91 Å². The molecule has 0 saturated carbocycles. The molecular formula is C12H17NO2S. The molecule has 88 valence electrons. The lowest BCUT2D eigenvalue weighted by Crippen LogP contribution is -2.40. The van der Waals surface area contributed by atoms with Crippen molar-refractivity contribution in [2.75, 3.05) is 6.61 Å². The fourth-order valence-electron chi connectivity index (χ4n) is 1.94. The van der Waals surface area contributed by atoms with Gasteiger partial charge in [0, 0.05) is 16.9 Å². The molecule has 1 amide bonds. The van der Waals surface area contributed by atoms with Crippen LogP contribution in [0.25, 0.3) is 0 Å². The van der Waals surface area contributed by atoms with Gasteiger partial charge in [0.2, 0.25) is 0 Å². The molecule has 0 aliphatic carbocycles. The van der Waals surface area contributed by atoms with Crippen LogP contribution in [-0.4, -0.2) is 24.7 Å². The van der Waals surface area contributed by atoms with Crippen LogP contribution in [0.3, 0.4) is 0 Å². The molecule has 1 aromatic rings. The summed E-state index contributed by atoms with van der Waals surface area (Å²) < 4.78 is 5.54. The Morgan fingerprint density at radius 3 is 3.06 bits per heavy atom. The van der Waals surface area contributed by atoms with E-state index in [1.807, 2.05) is 25.3 Å². The average Bonchev–Trinajstić information content (AvgIpc) is 2.87. The first kappa shape index (κ1) is 11.6. The minimum atomic E-state index is 0.00681. The number of hydrogen-bond donors (Lipinski definition) is 1. The summed E-state index contributed by atoms with van der Waals surface area (Å²) in [5.41, 5.74) is 0.757. The molecule has 1 N–H and O–H groups in total. The Bertz CT molecular complexity index is 369. The Labute approximate surface area is 99.8 Å². The first-order chi connectivity index (χ1) is 7.66. The molecule has 1 aromatic heterocycles. The van der Waals surface area contributed by atoms with Crippen LogP contribution in [0, 0.1) is 6.92 Å². The second-order valence-corrected chi connectivity index (χ2v) is 5.37. The summed E-state index contributed by atoms with van der Waals surface area (Å²) in [6.07, 6.45) is 2.33. The van der Waals surface area contributed by atoms with Crippen molar-refractivity contribution in [3.8, 4) is 0 Å². The summed E-state index contributed by atoms with van der Waals surface area (Å²) in [4.78, 5) is 13.0. The minimum Gasteiger partial charge on any atom is -0.376 e. The van der Waals surface area contributed by atoms with E-state index in [0.29, 0.717) is 0 Å². The van der Waals surface area contributed by atoms with Crippen molar-refractivity contribution in [3.05, 3.63) is 21.9 Å². The Morgan fingerprint density at radius 2 is 2.50 bits per heavy atom. The molecular weight excluding hydrogens is 222 g/mol. The van der Waals surface area contributed by atoms with E-state index >= 15 is 0 Å². The highest BCUT2D eigenvalue weighted by atomic mass is 32.1. The second-order valence-electron chi connectivity index (χ2n) is 4.26. The van der Waals surface area contributed by atoms with Gasteiger partial charge in [-0.2, -0.15) is 0 Å². The van der Waals surface area contributed by atoms with Crippen LogP contribution in [-0.2, 0) is 4.74 Å². The van der Waals surface area contributed by atoms with E-state index in [1.54, 1.807) is 11.3 Å². The third-order valence-electron chi connectivity index (χ3n) is 2.87. The molecule has 16 heavy (non-hydrogen) atoms. The zero-order valence-electron chi connectivity index (χ0n) is 9.66. The van der Waals surface area contributed by atoms with E-state index in [0.717, 1.165) is 29.9 Å². The quantitative estimate of drug-likeness (QED) is 0.879. The SMILES string of the molecule is Cc1cc(C(=O)N[C@H](C)[C@@H]2CCCO2)cs1. The number of nitrogens with one attached hydrogen (secondary N) is 1. The Kier molecular flexibility index (Phi) is 3.61. The van der Waals surface area contributed by atoms with E-state index in [2.05, 4.69) is 5.32 Å². The van der Waals surface area contributed by atoms with Crippen molar-refractivity contribution in [2.45, 2.75) is 38.8 Å². The van der Waals surface area contributed by atoms with Gasteiger partial charge in [-0.1, -0.05) is 0 Å². The van der Waals surface area contributed by atoms with E-state index < -0.39 is 0 Å². The van der Waals surface area contributed by atoms with Crippen molar-refractivity contribution in [2.24, 2.45) is 0 Å². The maximum Gasteiger partial charge on any atom is 0.252 e. The van der Waals surface area contributed by atoms with Crippen molar-refractivity contribution in [1.29, 1.82) is 0 Å². The zero-order valence-corrected chi connectivity index (χ0v) is 10.5. The summed E-state index contributed by atoms with van der Waals surface area (Å²) in [6.45, 7) is 4.83. The van der Waals surface area contributed by atoms with Gasteiger partial charge in [0.1, 0.15) is 0 Å². The number of ether oxygens (including phenoxy) is 1. The maximum atomic E-state index is 11.9. The molecule has 4 heteroatoms. The second kappa shape index (κ2) is 4.97. The number of carbonyl (C=O) groups excluding carboxylic acids is 1. The maximum absolute atomic E-state index is 11.9. The number of hydrogen-bond acceptors (Lipinski definition) is 3. The van der Waals surface area contributed by atoms with Gasteiger partial charge in [-0.15, -0.1) is 11.3 Å². The molecule has 1 aliphatic rings. The predicted molar refractivity (Wildman–Crippen MR) is 65.0 cm³/mol. The topological polar surface area (TPSA) is 38.3 Å². The molecule has 2 atom stereocenters. The Hall–Kier alpha value is -0.870. The van der Waals surface area contributed by atoms with Crippen LogP contribution < -0.4 is 5.32 Å². The lowest BCUT2D eigenvalue weighted by molar-refractivity contribution is 0.0712. The predicted octanol–water partition coefficient (Wildman–Crippen LogP) is 2.35. The summed E-state index contributed by atoms with van der Waals surface area (Å²) >= 11 is 1.60. The van der Waals surface area contributed by atoms with Gasteiger partial charge < -0.3 is 10.1 Å². The van der Waals surface area contributed by atoms with Crippen LogP contribution >= 0.6 is 11.3 Å². The average molecular weight is 239 g/mol. The van der Waals surface area contributed by atoms with Crippen LogP contribution in [0.15, 0.2) is 11.4 Å². The third kappa shape index (κ3) is 2.62. The molecule has 0 unspecified atom stereocenters. The Morgan fingerprint density at radius 1 is 1.69 bits per heavy atom. The van der Waals surface area contributed by atoms with Gasteiger partial charge in [0.15, 0.2) is 0 Å². The molecule has 1 fully saturated rings. The van der Waals surface area contributed by atoms with E-state index in [9.17, 15) is 4.79 Å². The number of rotatable bonds is 3. The lowest BCUT2D eigenvalue weighted by Gasteiger charge is -2.19. The van der Waals surface area contributed by atoms with Gasteiger partial charge in [-0.05, 0) is 32.8 Å². The van der Waals surface area contributed by atoms with Gasteiger partial charge in [-0.25, -0.2) is 0 Å². The van der Waals surface area contributed by atoms with E-state index in [1.165, 1.54) is 0 Å². The summed E-state index contributed by atoms with van der Waals surface area (Å²) in [7, 11) is 0. The standard InChI is InChI=1S/C12H17NO2S/c1-8-6-10(7-16-8)12(14)13-9(2)11-4-3-5-15-11/h6-7,9,11H,3-5H2,1-2H3,(H,13,14)/t9-,11+/m1/s1. The number of carbonyl (C=O) groups is 1. The molecule has 2 heterocycles. The largest absolute Gasteiger partial charge is 0.376 e. The minimum absolute atomic E-state index is 0.00681. The normalized spacial score (nSPS) is 22.0. The van der Waals surface area contributed by atoms with Gasteiger partial charge >= 0.3 is 0 Å². The van der Waals surface area contributed by atoms with Crippen LogP contribution in [0.4, 0.5) is 0 Å². The van der Waals surface area contributed by atoms with E-state index in [-0.39, 0.29) is 18.1 Å². The molecule has 3 nitrogen and oxygen atoms in total. The van der Waals surface area contributed by atoms with Crippen molar-refractivity contribution < 1.29 is 9.53 Å². The smallest absolute Gasteiger partial charge is 0.252 e. The van der Waals surface area contributed by atoms with Crippen molar-refractivity contribution in [1.82, 2.24) is 5.32 Å². The Balaban J connectivity index is 1.91. The fraction of sp³-hybridized carbons (Fsp3) is 0.583. The first-order valence-corrected chi connectivity index (χ1v) is 6.52. The highest BCUT2D eigenvalue weighted by molar-refractivity contribution is 7.10. The van der Waals surface area contributed by atoms with Crippen molar-refractivity contribution in [3.63, 3.8) is 0 Å². The molecule has 0 radical (unpaired) electrons. The summed E-state index contributed by atoms with van der Waals surface area (Å²) in [5.74, 6) is 0.00681. The van der Waals surface area contributed by atoms with Crippen LogP contribution in [0.5, 0.6) is 0 Å². The monoisotopic (exact) mass is 239 g/mol. The fourth-order valence-corrected chi connectivity index (χ4v) is 2.63. The van der Waals surface area contributed by atoms with E-state index in [4.69, 9.17) is 4.74 Å². The molecule has 1 saturated heterocycles. The van der Waals surface area contributed by atoms with Gasteiger partial charge in [-0.3, -0.25) is 4.79 Å². The zero-order chi connectivity index (χ0) is 11.5. The van der Waals surface area contributed by atoms with Crippen LogP contribution in [0.2, 0.25) is 0 Å². The number of thiophene rings is 1. The molecule has 0 aromatic carbocycles. The molecule has 0 bridgehead atoms. The lowest BCUT2D eigenvalue weighted by atomic mass is 10.1. The first-order valence-electron chi connectivity index (χ1n) is 5.64. The summed E-state index contributed by atoms with van der Waals surface area (Å²) in [5, 5.41) is 4.89. The van der Waals surface area contributed by atoms with Gasteiger partial charge in [0.05, 0.1) is 17.7 Å². The molecule has 1 aliphatic heterocycles. The molecule has 2 rings (SSSR count). The number of amides is 1. The van der Waals surface area contributed by atoms with Crippen LogP contribution in [0.1, 0.15) is 35.0 Å². The molecule has 0 spiro atoms. The highest BCUT2D eigenvalue weighted by Gasteiger charge is 2.24. The third-order valence-corrected chi connectivity index (χ3v) is 3.74.